The number of benzene rings is 2. The van der Waals surface area contributed by atoms with E-state index in [9.17, 15) is 4.79 Å². The zero-order valence-electron chi connectivity index (χ0n) is 15.5. The van der Waals surface area contributed by atoms with Gasteiger partial charge in [-0.05, 0) is 49.7 Å². The Morgan fingerprint density at radius 3 is 2.68 bits per heavy atom. The Kier molecular flexibility index (Phi) is 6.95. The number of halogens is 1. The fourth-order valence-corrected chi connectivity index (χ4v) is 3.43. The van der Waals surface area contributed by atoms with Gasteiger partial charge in [0.15, 0.2) is 0 Å². The number of aromatic nitrogens is 2. The number of hydrogen-bond acceptors (Lipinski definition) is 6. The lowest BCUT2D eigenvalue weighted by atomic mass is 10.1. The molecular weight excluding hydrogens is 398 g/mol. The van der Waals surface area contributed by atoms with Crippen LogP contribution >= 0.6 is 23.4 Å². The Balaban J connectivity index is 1.54. The predicted molar refractivity (Wildman–Crippen MR) is 110 cm³/mol. The molecule has 8 heteroatoms. The van der Waals surface area contributed by atoms with Crippen LogP contribution in [0, 0.1) is 0 Å². The van der Waals surface area contributed by atoms with Crippen LogP contribution in [-0.2, 0) is 4.79 Å². The van der Waals surface area contributed by atoms with Crippen LogP contribution in [0.1, 0.15) is 25.5 Å². The van der Waals surface area contributed by atoms with Crippen LogP contribution in [0.25, 0.3) is 11.5 Å². The molecular formula is C20H20ClN3O3S. The molecule has 1 aromatic heterocycles. The summed E-state index contributed by atoms with van der Waals surface area (Å²) in [6.07, 6.45) is 0. The molecule has 0 saturated heterocycles. The van der Waals surface area contributed by atoms with Crippen LogP contribution in [0.4, 0.5) is 0 Å². The van der Waals surface area contributed by atoms with Gasteiger partial charge in [0, 0.05) is 10.6 Å². The lowest BCUT2D eigenvalue weighted by molar-refractivity contribution is -0.119. The van der Waals surface area contributed by atoms with E-state index in [0.29, 0.717) is 22.7 Å². The number of nitrogens with zero attached hydrogens (tertiary/aromatic N) is 2. The number of carbonyl (C=O) groups is 1. The first-order valence-electron chi connectivity index (χ1n) is 8.80. The number of amides is 1. The number of hydrogen-bond donors (Lipinski definition) is 1. The van der Waals surface area contributed by atoms with Gasteiger partial charge < -0.3 is 14.5 Å². The quantitative estimate of drug-likeness (QED) is 0.532. The van der Waals surface area contributed by atoms with Crippen molar-refractivity contribution in [1.29, 1.82) is 0 Å². The standard InChI is InChI=1S/C20H20ClN3O3S/c1-3-26-15-10-8-14(9-11-15)19-23-24-20(27-19)28-12-18(25)22-13(2)16-6-4-5-7-17(16)21/h4-11,13H,3,12H2,1-2H3,(H,22,25)/t13-/m0/s1. The van der Waals surface area contributed by atoms with Gasteiger partial charge in [0.25, 0.3) is 5.22 Å². The molecule has 1 heterocycles. The fourth-order valence-electron chi connectivity index (χ4n) is 2.56. The van der Waals surface area contributed by atoms with Crippen LogP contribution in [0.15, 0.2) is 58.2 Å². The third-order valence-electron chi connectivity index (χ3n) is 3.89. The maximum atomic E-state index is 12.2. The van der Waals surface area contributed by atoms with E-state index in [1.165, 1.54) is 11.8 Å². The van der Waals surface area contributed by atoms with Crippen molar-refractivity contribution in [3.63, 3.8) is 0 Å². The molecule has 0 aliphatic heterocycles. The predicted octanol–water partition coefficient (Wildman–Crippen LogP) is 4.76. The molecule has 0 spiro atoms. The normalized spacial score (nSPS) is 11.8. The molecule has 0 aliphatic rings. The summed E-state index contributed by atoms with van der Waals surface area (Å²) in [7, 11) is 0. The average Bonchev–Trinajstić information content (AvgIpc) is 3.16. The number of thioether (sulfide) groups is 1. The highest BCUT2D eigenvalue weighted by Gasteiger charge is 2.15. The summed E-state index contributed by atoms with van der Waals surface area (Å²) in [6, 6.07) is 14.6. The molecule has 3 aromatic rings. The van der Waals surface area contributed by atoms with E-state index < -0.39 is 0 Å². The Labute approximate surface area is 172 Å². The van der Waals surface area contributed by atoms with Crippen molar-refractivity contribution >= 4 is 29.3 Å². The largest absolute Gasteiger partial charge is 0.494 e. The third kappa shape index (κ3) is 5.27. The van der Waals surface area contributed by atoms with Gasteiger partial charge in [0.05, 0.1) is 18.4 Å². The Hall–Kier alpha value is -2.51. The minimum absolute atomic E-state index is 0.141. The summed E-state index contributed by atoms with van der Waals surface area (Å²) in [4.78, 5) is 12.2. The Morgan fingerprint density at radius 1 is 1.21 bits per heavy atom. The highest BCUT2D eigenvalue weighted by atomic mass is 35.5. The Bertz CT molecular complexity index is 930. The van der Waals surface area contributed by atoms with E-state index in [1.54, 1.807) is 6.07 Å². The summed E-state index contributed by atoms with van der Waals surface area (Å²) in [5.74, 6) is 1.21. The van der Waals surface area contributed by atoms with Gasteiger partial charge in [0.2, 0.25) is 11.8 Å². The van der Waals surface area contributed by atoms with Crippen LogP contribution < -0.4 is 10.1 Å². The van der Waals surface area contributed by atoms with E-state index in [4.69, 9.17) is 20.8 Å². The second-order valence-electron chi connectivity index (χ2n) is 5.93. The number of rotatable bonds is 8. The highest BCUT2D eigenvalue weighted by molar-refractivity contribution is 7.99. The van der Waals surface area contributed by atoms with Crippen molar-refractivity contribution in [3.05, 3.63) is 59.1 Å². The summed E-state index contributed by atoms with van der Waals surface area (Å²) in [6.45, 7) is 4.43. The van der Waals surface area contributed by atoms with E-state index in [2.05, 4.69) is 15.5 Å². The Morgan fingerprint density at radius 2 is 1.96 bits per heavy atom. The SMILES string of the molecule is CCOc1ccc(-c2nnc(SCC(=O)N[C@@H](C)c3ccccc3Cl)o2)cc1. The molecule has 28 heavy (non-hydrogen) atoms. The summed E-state index contributed by atoms with van der Waals surface area (Å²) in [5.41, 5.74) is 1.66. The van der Waals surface area contributed by atoms with Crippen molar-refractivity contribution in [3.8, 4) is 17.2 Å². The fraction of sp³-hybridized carbons (Fsp3) is 0.250. The lowest BCUT2D eigenvalue weighted by Crippen LogP contribution is -2.28. The molecule has 6 nitrogen and oxygen atoms in total. The van der Waals surface area contributed by atoms with Gasteiger partial charge in [-0.15, -0.1) is 10.2 Å². The van der Waals surface area contributed by atoms with Gasteiger partial charge in [-0.3, -0.25) is 4.79 Å². The third-order valence-corrected chi connectivity index (χ3v) is 5.06. The smallest absolute Gasteiger partial charge is 0.277 e. The number of ether oxygens (including phenoxy) is 1. The molecule has 0 unspecified atom stereocenters. The van der Waals surface area contributed by atoms with E-state index in [0.717, 1.165) is 16.9 Å². The first-order valence-corrected chi connectivity index (χ1v) is 10.2. The van der Waals surface area contributed by atoms with Gasteiger partial charge in [-0.1, -0.05) is 41.6 Å². The molecule has 0 fully saturated rings. The second kappa shape index (κ2) is 9.61. The molecule has 3 rings (SSSR count). The van der Waals surface area contributed by atoms with E-state index >= 15 is 0 Å². The summed E-state index contributed by atoms with van der Waals surface area (Å²) in [5, 5.41) is 11.9. The zero-order chi connectivity index (χ0) is 19.9. The van der Waals surface area contributed by atoms with Crippen LogP contribution in [0.2, 0.25) is 5.02 Å². The van der Waals surface area contributed by atoms with Gasteiger partial charge in [-0.25, -0.2) is 0 Å². The van der Waals surface area contributed by atoms with Crippen molar-refractivity contribution in [2.45, 2.75) is 25.1 Å². The van der Waals surface area contributed by atoms with Crippen molar-refractivity contribution < 1.29 is 13.9 Å². The summed E-state index contributed by atoms with van der Waals surface area (Å²) < 4.78 is 11.0. The van der Waals surface area contributed by atoms with Crippen molar-refractivity contribution in [1.82, 2.24) is 15.5 Å². The maximum absolute atomic E-state index is 12.2. The molecule has 1 N–H and O–H groups in total. The average molecular weight is 418 g/mol. The van der Waals surface area contributed by atoms with Crippen LogP contribution in [-0.4, -0.2) is 28.5 Å². The molecule has 2 aromatic carbocycles. The molecule has 1 atom stereocenters. The summed E-state index contributed by atoms with van der Waals surface area (Å²) >= 11 is 7.35. The maximum Gasteiger partial charge on any atom is 0.277 e. The number of carbonyl (C=O) groups excluding carboxylic acids is 1. The van der Waals surface area contributed by atoms with Crippen LogP contribution in [0.5, 0.6) is 5.75 Å². The topological polar surface area (TPSA) is 77.2 Å². The minimum atomic E-state index is -0.191. The zero-order valence-corrected chi connectivity index (χ0v) is 17.1. The van der Waals surface area contributed by atoms with E-state index in [1.807, 2.05) is 56.3 Å². The van der Waals surface area contributed by atoms with Crippen molar-refractivity contribution in [2.24, 2.45) is 0 Å². The second-order valence-corrected chi connectivity index (χ2v) is 7.26. The van der Waals surface area contributed by atoms with Gasteiger partial charge in [-0.2, -0.15) is 0 Å². The van der Waals surface area contributed by atoms with Gasteiger partial charge in [0.1, 0.15) is 5.75 Å². The molecule has 0 bridgehead atoms. The van der Waals surface area contributed by atoms with Crippen molar-refractivity contribution in [2.75, 3.05) is 12.4 Å². The lowest BCUT2D eigenvalue weighted by Gasteiger charge is -2.15. The van der Waals surface area contributed by atoms with Crippen LogP contribution in [0.3, 0.4) is 0 Å². The molecule has 1 amide bonds. The monoisotopic (exact) mass is 417 g/mol. The molecule has 146 valence electrons. The molecule has 0 radical (unpaired) electrons. The first kappa shape index (κ1) is 20.2. The minimum Gasteiger partial charge on any atom is -0.494 e. The first-order chi connectivity index (χ1) is 13.6. The van der Waals surface area contributed by atoms with E-state index in [-0.39, 0.29) is 17.7 Å². The highest BCUT2D eigenvalue weighted by Crippen LogP contribution is 2.26. The molecule has 0 saturated carbocycles. The van der Waals surface area contributed by atoms with Gasteiger partial charge >= 0.3 is 0 Å². The number of nitrogens with one attached hydrogen (secondary N) is 1. The molecule has 0 aliphatic carbocycles.